The van der Waals surface area contributed by atoms with Crippen molar-refractivity contribution in [2.75, 3.05) is 13.1 Å². The highest BCUT2D eigenvalue weighted by atomic mass is 16.2. The van der Waals surface area contributed by atoms with E-state index >= 15 is 0 Å². The molecular weight excluding hydrogens is 252 g/mol. The van der Waals surface area contributed by atoms with Crippen molar-refractivity contribution < 1.29 is 4.79 Å². The molecule has 2 fully saturated rings. The van der Waals surface area contributed by atoms with Crippen molar-refractivity contribution in [1.29, 1.82) is 0 Å². The number of carbonyl (C=O) groups is 1. The van der Waals surface area contributed by atoms with Crippen molar-refractivity contribution in [2.24, 2.45) is 5.41 Å². The number of hydrogen-bond donors (Lipinski definition) is 1. The number of aromatic nitrogens is 3. The Labute approximate surface area is 120 Å². The van der Waals surface area contributed by atoms with Crippen molar-refractivity contribution in [1.82, 2.24) is 20.1 Å². The molecule has 1 saturated heterocycles. The van der Waals surface area contributed by atoms with Gasteiger partial charge in [0.15, 0.2) is 5.82 Å². The first-order valence-corrected chi connectivity index (χ1v) is 7.69. The Morgan fingerprint density at radius 1 is 1.40 bits per heavy atom. The molecule has 1 aliphatic carbocycles. The van der Waals surface area contributed by atoms with E-state index in [1.165, 1.54) is 25.7 Å². The fourth-order valence-electron chi connectivity index (χ4n) is 3.87. The van der Waals surface area contributed by atoms with E-state index in [0.29, 0.717) is 11.8 Å². The molecule has 1 aromatic heterocycles. The van der Waals surface area contributed by atoms with Crippen LogP contribution in [0.5, 0.6) is 0 Å². The van der Waals surface area contributed by atoms with E-state index in [-0.39, 0.29) is 11.3 Å². The van der Waals surface area contributed by atoms with Crippen LogP contribution < -0.4 is 0 Å². The van der Waals surface area contributed by atoms with Gasteiger partial charge >= 0.3 is 0 Å². The molecule has 1 amide bonds. The second kappa shape index (κ2) is 4.86. The third kappa shape index (κ3) is 2.13. The van der Waals surface area contributed by atoms with Crippen LogP contribution in [0, 0.1) is 5.41 Å². The Kier molecular flexibility index (Phi) is 3.30. The van der Waals surface area contributed by atoms with Crippen LogP contribution in [0.1, 0.15) is 69.9 Å². The quantitative estimate of drug-likeness (QED) is 0.902. The molecule has 0 radical (unpaired) electrons. The number of aromatic amines is 1. The second-order valence-corrected chi connectivity index (χ2v) is 6.76. The lowest BCUT2D eigenvalue weighted by atomic mass is 9.76. The zero-order chi connectivity index (χ0) is 14.3. The maximum atomic E-state index is 11.8. The van der Waals surface area contributed by atoms with Gasteiger partial charge in [-0.2, -0.15) is 5.10 Å². The summed E-state index contributed by atoms with van der Waals surface area (Å²) in [7, 11) is 0. The lowest BCUT2D eigenvalue weighted by molar-refractivity contribution is -0.128. The fraction of sp³-hybridized carbons (Fsp3) is 0.800. The average Bonchev–Trinajstić information content (AvgIpc) is 3.10. The topological polar surface area (TPSA) is 61.9 Å². The van der Waals surface area contributed by atoms with E-state index in [1.807, 2.05) is 4.90 Å². The normalized spacial score (nSPS) is 25.0. The summed E-state index contributed by atoms with van der Waals surface area (Å²) in [5.74, 6) is 2.72. The summed E-state index contributed by atoms with van der Waals surface area (Å²) in [6, 6.07) is 0. The maximum absolute atomic E-state index is 11.8. The number of nitrogens with one attached hydrogen (secondary N) is 1. The van der Waals surface area contributed by atoms with Gasteiger partial charge in [0.1, 0.15) is 5.82 Å². The predicted molar refractivity (Wildman–Crippen MR) is 76.4 cm³/mol. The fourth-order valence-corrected chi connectivity index (χ4v) is 3.87. The highest BCUT2D eigenvalue weighted by Crippen LogP contribution is 2.52. The standard InChI is InChI=1S/C15H24N4O/c1-10(2)13-16-14(18-17-13)12-8-19(11(3)20)9-15(12)6-4-5-7-15/h10,12H,4-9H2,1-3H3,(H,16,17,18). The molecule has 0 bridgehead atoms. The minimum absolute atomic E-state index is 0.183. The monoisotopic (exact) mass is 276 g/mol. The Morgan fingerprint density at radius 2 is 2.10 bits per heavy atom. The van der Waals surface area contributed by atoms with Gasteiger partial charge in [-0.15, -0.1) is 0 Å². The first-order chi connectivity index (χ1) is 9.52. The summed E-state index contributed by atoms with van der Waals surface area (Å²) in [5, 5.41) is 7.49. The number of hydrogen-bond acceptors (Lipinski definition) is 3. The van der Waals surface area contributed by atoms with E-state index in [1.54, 1.807) is 6.92 Å². The van der Waals surface area contributed by atoms with Crippen LogP contribution in [0.4, 0.5) is 0 Å². The van der Waals surface area contributed by atoms with Crippen LogP contribution >= 0.6 is 0 Å². The molecule has 2 heterocycles. The van der Waals surface area contributed by atoms with Gasteiger partial charge < -0.3 is 4.90 Å². The van der Waals surface area contributed by atoms with Gasteiger partial charge in [-0.05, 0) is 18.3 Å². The van der Waals surface area contributed by atoms with Crippen molar-refractivity contribution >= 4 is 5.91 Å². The van der Waals surface area contributed by atoms with Gasteiger partial charge in [0.25, 0.3) is 0 Å². The van der Waals surface area contributed by atoms with Gasteiger partial charge in [-0.25, -0.2) is 4.98 Å². The summed E-state index contributed by atoms with van der Waals surface area (Å²) >= 11 is 0. The van der Waals surface area contributed by atoms with E-state index in [4.69, 9.17) is 4.98 Å². The molecule has 5 heteroatoms. The summed E-state index contributed by atoms with van der Waals surface area (Å²) < 4.78 is 0. The summed E-state index contributed by atoms with van der Waals surface area (Å²) in [5.41, 5.74) is 0.236. The zero-order valence-corrected chi connectivity index (χ0v) is 12.6. The van der Waals surface area contributed by atoms with Gasteiger partial charge in [0.05, 0.1) is 0 Å². The molecule has 1 aromatic rings. The first-order valence-electron chi connectivity index (χ1n) is 7.69. The molecule has 1 N–H and O–H groups in total. The first kappa shape index (κ1) is 13.6. The van der Waals surface area contributed by atoms with Gasteiger partial charge in [0, 0.05) is 31.8 Å². The summed E-state index contributed by atoms with van der Waals surface area (Å²) in [6.45, 7) is 7.57. The molecule has 1 unspecified atom stereocenters. The predicted octanol–water partition coefficient (Wildman–Crippen LogP) is 2.43. The van der Waals surface area contributed by atoms with Gasteiger partial charge in [0.2, 0.25) is 5.91 Å². The van der Waals surface area contributed by atoms with Crippen LogP contribution in [0.15, 0.2) is 0 Å². The number of rotatable bonds is 2. The van der Waals surface area contributed by atoms with Gasteiger partial charge in [-0.1, -0.05) is 26.7 Å². The van der Waals surface area contributed by atoms with Gasteiger partial charge in [-0.3, -0.25) is 9.89 Å². The Balaban J connectivity index is 1.90. The second-order valence-electron chi connectivity index (χ2n) is 6.76. The molecule has 1 spiro atoms. The number of likely N-dealkylation sites (tertiary alicyclic amines) is 1. The van der Waals surface area contributed by atoms with E-state index < -0.39 is 0 Å². The SMILES string of the molecule is CC(=O)N1CC(c2nc(C(C)C)n[nH]2)C2(CCCC2)C1. The van der Waals surface area contributed by atoms with Crippen LogP contribution in [0.2, 0.25) is 0 Å². The third-order valence-electron chi connectivity index (χ3n) is 5.06. The maximum Gasteiger partial charge on any atom is 0.219 e. The third-order valence-corrected chi connectivity index (χ3v) is 5.06. The Bertz CT molecular complexity index is 502. The van der Waals surface area contributed by atoms with Crippen LogP contribution in [0.3, 0.4) is 0 Å². The zero-order valence-electron chi connectivity index (χ0n) is 12.6. The molecule has 110 valence electrons. The molecular formula is C15H24N4O. The van der Waals surface area contributed by atoms with Crippen LogP contribution in [-0.4, -0.2) is 39.1 Å². The Morgan fingerprint density at radius 3 is 2.65 bits per heavy atom. The highest BCUT2D eigenvalue weighted by Gasteiger charge is 2.50. The molecule has 1 atom stereocenters. The smallest absolute Gasteiger partial charge is 0.219 e. The van der Waals surface area contributed by atoms with Crippen molar-refractivity contribution in [3.63, 3.8) is 0 Å². The average molecular weight is 276 g/mol. The van der Waals surface area contributed by atoms with Crippen molar-refractivity contribution in [3.8, 4) is 0 Å². The molecule has 5 nitrogen and oxygen atoms in total. The molecule has 1 saturated carbocycles. The minimum atomic E-state index is 0.183. The minimum Gasteiger partial charge on any atom is -0.342 e. The summed E-state index contributed by atoms with van der Waals surface area (Å²) in [6.07, 6.45) is 4.96. The molecule has 2 aliphatic rings. The summed E-state index contributed by atoms with van der Waals surface area (Å²) in [4.78, 5) is 18.4. The number of amides is 1. The van der Waals surface area contributed by atoms with Crippen LogP contribution in [0.25, 0.3) is 0 Å². The highest BCUT2D eigenvalue weighted by molar-refractivity contribution is 5.73. The van der Waals surface area contributed by atoms with E-state index in [9.17, 15) is 4.79 Å². The molecule has 3 rings (SSSR count). The number of carbonyl (C=O) groups excluding carboxylic acids is 1. The van der Waals surface area contributed by atoms with E-state index in [0.717, 1.165) is 24.7 Å². The molecule has 20 heavy (non-hydrogen) atoms. The Hall–Kier alpha value is -1.39. The lowest BCUT2D eigenvalue weighted by Gasteiger charge is -2.28. The van der Waals surface area contributed by atoms with Crippen molar-refractivity contribution in [2.45, 2.75) is 58.3 Å². The molecule has 1 aliphatic heterocycles. The number of nitrogens with zero attached hydrogens (tertiary/aromatic N) is 3. The van der Waals surface area contributed by atoms with E-state index in [2.05, 4.69) is 24.0 Å². The number of H-pyrrole nitrogens is 1. The molecule has 0 aromatic carbocycles. The lowest BCUT2D eigenvalue weighted by Crippen LogP contribution is -2.29. The largest absolute Gasteiger partial charge is 0.342 e. The van der Waals surface area contributed by atoms with Crippen LogP contribution in [-0.2, 0) is 4.79 Å². The van der Waals surface area contributed by atoms with Crippen molar-refractivity contribution in [3.05, 3.63) is 11.6 Å².